The molecule has 1 atom stereocenters. The first-order valence-electron chi connectivity index (χ1n) is 12.1. The van der Waals surface area contributed by atoms with E-state index in [0.717, 1.165) is 57.0 Å². The van der Waals surface area contributed by atoms with E-state index < -0.39 is 0 Å². The fraction of sp³-hybridized carbons (Fsp3) is 0.720. The van der Waals surface area contributed by atoms with Crippen molar-refractivity contribution >= 4 is 11.6 Å². The topological polar surface area (TPSA) is 44.8 Å². The second kappa shape index (κ2) is 10.1. The third-order valence-electron chi connectivity index (χ3n) is 7.63. The molecular weight excluding hydrogens is 374 g/mol. The largest absolute Gasteiger partial charge is 0.490 e. The molecule has 1 saturated heterocycles. The van der Waals surface area contributed by atoms with E-state index in [0.29, 0.717) is 12.0 Å². The second-order valence-corrected chi connectivity index (χ2v) is 9.83. The minimum atomic E-state index is 0.148. The van der Waals surface area contributed by atoms with Gasteiger partial charge in [-0.2, -0.15) is 0 Å². The molecule has 5 heteroatoms. The van der Waals surface area contributed by atoms with E-state index in [1.54, 1.807) is 0 Å². The zero-order valence-electron chi connectivity index (χ0n) is 18.7. The van der Waals surface area contributed by atoms with Gasteiger partial charge >= 0.3 is 0 Å². The van der Waals surface area contributed by atoms with Crippen LogP contribution in [0.1, 0.15) is 57.8 Å². The number of amides is 1. The number of anilines is 1. The van der Waals surface area contributed by atoms with Gasteiger partial charge in [-0.25, -0.2) is 0 Å². The molecule has 3 fully saturated rings. The Bertz CT molecular complexity index is 688. The molecule has 3 aliphatic rings. The van der Waals surface area contributed by atoms with Crippen LogP contribution in [0.25, 0.3) is 0 Å². The van der Waals surface area contributed by atoms with Gasteiger partial charge in [0, 0.05) is 38.6 Å². The fourth-order valence-corrected chi connectivity index (χ4v) is 5.72. The Kier molecular flexibility index (Phi) is 7.32. The first-order valence-corrected chi connectivity index (χ1v) is 12.1. The van der Waals surface area contributed by atoms with Crippen LogP contribution in [0.5, 0.6) is 5.75 Å². The molecule has 0 aromatic heterocycles. The summed E-state index contributed by atoms with van der Waals surface area (Å²) >= 11 is 0. The van der Waals surface area contributed by atoms with Crippen LogP contribution in [-0.4, -0.2) is 62.1 Å². The van der Waals surface area contributed by atoms with Crippen molar-refractivity contribution in [3.8, 4) is 5.75 Å². The summed E-state index contributed by atoms with van der Waals surface area (Å²) in [6.45, 7) is 6.03. The molecule has 30 heavy (non-hydrogen) atoms. The van der Waals surface area contributed by atoms with E-state index in [1.165, 1.54) is 44.9 Å². The summed E-state index contributed by atoms with van der Waals surface area (Å²) in [5.41, 5.74) is 1.26. The Balaban J connectivity index is 1.30. The maximum Gasteiger partial charge on any atom is 0.227 e. The molecular formula is C25H39N3O2. The summed E-state index contributed by atoms with van der Waals surface area (Å²) in [6.07, 6.45) is 11.3. The minimum absolute atomic E-state index is 0.148. The zero-order chi connectivity index (χ0) is 20.8. The number of nitrogens with one attached hydrogen (secondary N) is 1. The first-order chi connectivity index (χ1) is 14.6. The highest BCUT2D eigenvalue weighted by molar-refractivity contribution is 5.94. The Morgan fingerprint density at radius 1 is 1.07 bits per heavy atom. The average molecular weight is 414 g/mol. The van der Waals surface area contributed by atoms with E-state index in [1.807, 2.05) is 24.3 Å². The third kappa shape index (κ3) is 5.55. The lowest BCUT2D eigenvalue weighted by Gasteiger charge is -2.43. The number of carbonyl (C=O) groups excluding carboxylic acids is 1. The van der Waals surface area contributed by atoms with Gasteiger partial charge in [0.15, 0.2) is 0 Å². The van der Waals surface area contributed by atoms with Crippen molar-refractivity contribution in [1.82, 2.24) is 9.80 Å². The normalized spacial score (nSPS) is 25.2. The lowest BCUT2D eigenvalue weighted by molar-refractivity contribution is -0.122. The van der Waals surface area contributed by atoms with Crippen LogP contribution < -0.4 is 10.1 Å². The molecule has 2 aliphatic carbocycles. The number of likely N-dealkylation sites (N-methyl/N-ethyl adjacent to an activating group) is 1. The molecule has 1 N–H and O–H groups in total. The smallest absolute Gasteiger partial charge is 0.227 e. The lowest BCUT2D eigenvalue weighted by atomic mass is 9.62. The van der Waals surface area contributed by atoms with Gasteiger partial charge in [-0.15, -0.1) is 0 Å². The standard InChI is InChI=1S/C25H39N3O2/c1-27-14-16-28(17-15-27)18-19-30-23-10-4-3-9-22(23)26-24(29)21-8-7-13-25(20-21)11-5-2-6-12-25/h3-4,9-10,21H,2,5-8,11-20H2,1H3,(H,26,29). The van der Waals surface area contributed by atoms with Crippen LogP contribution in [0.4, 0.5) is 5.69 Å². The van der Waals surface area contributed by atoms with E-state index in [4.69, 9.17) is 4.74 Å². The zero-order valence-corrected chi connectivity index (χ0v) is 18.7. The number of rotatable bonds is 6. The molecule has 1 aromatic carbocycles. The van der Waals surface area contributed by atoms with E-state index in [2.05, 4.69) is 22.2 Å². The van der Waals surface area contributed by atoms with E-state index in [-0.39, 0.29) is 11.8 Å². The van der Waals surface area contributed by atoms with Crippen LogP contribution in [0.2, 0.25) is 0 Å². The van der Waals surface area contributed by atoms with Gasteiger partial charge in [0.25, 0.3) is 0 Å². The summed E-state index contributed by atoms with van der Waals surface area (Å²) < 4.78 is 6.09. The van der Waals surface area contributed by atoms with Crippen LogP contribution >= 0.6 is 0 Å². The Morgan fingerprint density at radius 2 is 1.80 bits per heavy atom. The molecule has 2 saturated carbocycles. The van der Waals surface area contributed by atoms with Crippen molar-refractivity contribution in [2.75, 3.05) is 51.7 Å². The van der Waals surface area contributed by atoms with Crippen molar-refractivity contribution < 1.29 is 9.53 Å². The predicted octanol–water partition coefficient (Wildman–Crippen LogP) is 4.39. The van der Waals surface area contributed by atoms with E-state index >= 15 is 0 Å². The molecule has 1 spiro atoms. The second-order valence-electron chi connectivity index (χ2n) is 9.83. The molecule has 0 bridgehead atoms. The van der Waals surface area contributed by atoms with Crippen molar-refractivity contribution in [3.05, 3.63) is 24.3 Å². The highest BCUT2D eigenvalue weighted by Crippen LogP contribution is 2.49. The highest BCUT2D eigenvalue weighted by atomic mass is 16.5. The number of benzene rings is 1. The molecule has 166 valence electrons. The molecule has 5 nitrogen and oxygen atoms in total. The van der Waals surface area contributed by atoms with Gasteiger partial charge in [-0.3, -0.25) is 9.69 Å². The Hall–Kier alpha value is -1.59. The van der Waals surface area contributed by atoms with E-state index in [9.17, 15) is 4.79 Å². The molecule has 4 rings (SSSR count). The van der Waals surface area contributed by atoms with Gasteiger partial charge in [0.2, 0.25) is 5.91 Å². The van der Waals surface area contributed by atoms with Crippen LogP contribution in [0.15, 0.2) is 24.3 Å². The maximum absolute atomic E-state index is 13.1. The maximum atomic E-state index is 13.1. The summed E-state index contributed by atoms with van der Waals surface area (Å²) in [5.74, 6) is 1.13. The monoisotopic (exact) mass is 413 g/mol. The van der Waals surface area contributed by atoms with Crippen molar-refractivity contribution in [2.45, 2.75) is 57.8 Å². The summed E-state index contributed by atoms with van der Waals surface area (Å²) in [5, 5.41) is 3.21. The molecule has 1 heterocycles. The molecule has 1 amide bonds. The predicted molar refractivity (Wildman–Crippen MR) is 122 cm³/mol. The number of hydrogen-bond donors (Lipinski definition) is 1. The molecule has 1 aromatic rings. The number of piperazine rings is 1. The molecule has 1 unspecified atom stereocenters. The van der Waals surface area contributed by atoms with Crippen molar-refractivity contribution in [2.24, 2.45) is 11.3 Å². The number of nitrogens with zero attached hydrogens (tertiary/aromatic N) is 2. The Morgan fingerprint density at radius 3 is 2.60 bits per heavy atom. The number of hydrogen-bond acceptors (Lipinski definition) is 4. The van der Waals surface area contributed by atoms with Gasteiger partial charge in [-0.05, 0) is 56.7 Å². The molecule has 1 aliphatic heterocycles. The Labute approximate surface area is 182 Å². The molecule has 0 radical (unpaired) electrons. The van der Waals surface area contributed by atoms with Crippen LogP contribution in [-0.2, 0) is 4.79 Å². The van der Waals surface area contributed by atoms with Crippen LogP contribution in [0, 0.1) is 11.3 Å². The number of carbonyl (C=O) groups is 1. The first kappa shape index (κ1) is 21.6. The van der Waals surface area contributed by atoms with Crippen molar-refractivity contribution in [3.63, 3.8) is 0 Å². The fourth-order valence-electron chi connectivity index (χ4n) is 5.72. The average Bonchev–Trinajstić information content (AvgIpc) is 2.77. The van der Waals surface area contributed by atoms with Gasteiger partial charge in [0.05, 0.1) is 5.69 Å². The minimum Gasteiger partial charge on any atom is -0.490 e. The quantitative estimate of drug-likeness (QED) is 0.751. The van der Waals surface area contributed by atoms with Crippen LogP contribution in [0.3, 0.4) is 0 Å². The van der Waals surface area contributed by atoms with Gasteiger partial charge in [0.1, 0.15) is 12.4 Å². The SMILES string of the molecule is CN1CCN(CCOc2ccccc2NC(=O)C2CCCC3(CCCCC3)C2)CC1. The highest BCUT2D eigenvalue weighted by Gasteiger charge is 2.39. The summed E-state index contributed by atoms with van der Waals surface area (Å²) in [4.78, 5) is 17.9. The van der Waals surface area contributed by atoms with Gasteiger partial charge < -0.3 is 15.0 Å². The summed E-state index contributed by atoms with van der Waals surface area (Å²) in [6, 6.07) is 7.91. The summed E-state index contributed by atoms with van der Waals surface area (Å²) in [7, 11) is 2.18. The third-order valence-corrected chi connectivity index (χ3v) is 7.63. The number of ether oxygens (including phenoxy) is 1. The lowest BCUT2D eigenvalue weighted by Crippen LogP contribution is -2.45. The van der Waals surface area contributed by atoms with Crippen molar-refractivity contribution in [1.29, 1.82) is 0 Å². The van der Waals surface area contributed by atoms with Gasteiger partial charge in [-0.1, -0.05) is 37.8 Å². The number of para-hydroxylation sites is 2.